The second-order valence-corrected chi connectivity index (χ2v) is 7.85. The van der Waals surface area contributed by atoms with Crippen LogP contribution in [-0.4, -0.2) is 55.1 Å². The van der Waals surface area contributed by atoms with E-state index in [-0.39, 0.29) is 30.3 Å². The zero-order valence-corrected chi connectivity index (χ0v) is 18.0. The number of likely N-dealkylation sites (tertiary alicyclic amines) is 1. The lowest BCUT2D eigenvalue weighted by Gasteiger charge is -2.35. The molecule has 2 N–H and O–H groups in total. The number of amides is 2. The fourth-order valence-electron chi connectivity index (χ4n) is 3.92. The first-order chi connectivity index (χ1) is 13.0. The first-order valence-electron chi connectivity index (χ1n) is 9.65. The van der Waals surface area contributed by atoms with Crippen LogP contribution < -0.4 is 10.6 Å². The summed E-state index contributed by atoms with van der Waals surface area (Å²) in [4.78, 5) is 27.5. The Morgan fingerprint density at radius 1 is 1.29 bits per heavy atom. The van der Waals surface area contributed by atoms with E-state index in [9.17, 15) is 9.59 Å². The molecule has 28 heavy (non-hydrogen) atoms. The number of methoxy groups -OCH3 is 1. The van der Waals surface area contributed by atoms with E-state index in [0.717, 1.165) is 38.9 Å². The zero-order chi connectivity index (χ0) is 19.4. The predicted octanol–water partition coefficient (Wildman–Crippen LogP) is 3.48. The largest absolute Gasteiger partial charge is 0.368 e. The van der Waals surface area contributed by atoms with Gasteiger partial charge in [0.1, 0.15) is 5.60 Å². The molecule has 0 saturated carbocycles. The van der Waals surface area contributed by atoms with E-state index in [1.807, 2.05) is 4.90 Å². The molecule has 2 saturated heterocycles. The standard InChI is InChI=1S/C20H28ClN3O3.ClH/c1-14-5-3-4-12-24(14)18(25)16-7-6-15(13-17(16)21)23-19(26)20(27-2)8-10-22-11-9-20;/h6-7,13-14,22H,3-5,8-12H2,1-2H3,(H,23,26);1H. The van der Waals surface area contributed by atoms with Crippen molar-refractivity contribution in [3.8, 4) is 0 Å². The Morgan fingerprint density at radius 3 is 2.61 bits per heavy atom. The summed E-state index contributed by atoms with van der Waals surface area (Å²) in [6.07, 6.45) is 4.43. The number of piperidine rings is 2. The van der Waals surface area contributed by atoms with Gasteiger partial charge in [0, 0.05) is 25.4 Å². The number of anilines is 1. The molecule has 2 aliphatic rings. The van der Waals surface area contributed by atoms with Crippen LogP contribution in [0.5, 0.6) is 0 Å². The topological polar surface area (TPSA) is 70.7 Å². The normalized spacial score (nSPS) is 21.5. The highest BCUT2D eigenvalue weighted by Gasteiger charge is 2.39. The Bertz CT molecular complexity index is 708. The maximum Gasteiger partial charge on any atom is 0.256 e. The molecule has 1 unspecified atom stereocenters. The third-order valence-electron chi connectivity index (χ3n) is 5.74. The van der Waals surface area contributed by atoms with E-state index < -0.39 is 5.60 Å². The van der Waals surface area contributed by atoms with Gasteiger partial charge in [-0.05, 0) is 70.3 Å². The van der Waals surface area contributed by atoms with Crippen molar-refractivity contribution in [3.05, 3.63) is 28.8 Å². The highest BCUT2D eigenvalue weighted by molar-refractivity contribution is 6.34. The van der Waals surface area contributed by atoms with Gasteiger partial charge in [0.25, 0.3) is 11.8 Å². The number of carbonyl (C=O) groups is 2. The van der Waals surface area contributed by atoms with Gasteiger partial charge in [-0.25, -0.2) is 0 Å². The Balaban J connectivity index is 0.00000280. The first kappa shape index (κ1) is 22.9. The molecule has 0 radical (unpaired) electrons. The van der Waals surface area contributed by atoms with E-state index in [1.54, 1.807) is 25.3 Å². The van der Waals surface area contributed by atoms with Crippen molar-refractivity contribution < 1.29 is 14.3 Å². The summed E-state index contributed by atoms with van der Waals surface area (Å²) in [7, 11) is 1.57. The maximum atomic E-state index is 12.8. The summed E-state index contributed by atoms with van der Waals surface area (Å²) in [6.45, 7) is 4.31. The van der Waals surface area contributed by atoms with Crippen LogP contribution >= 0.6 is 24.0 Å². The van der Waals surface area contributed by atoms with Crippen LogP contribution in [0.3, 0.4) is 0 Å². The molecule has 0 bridgehead atoms. The molecule has 156 valence electrons. The molecule has 2 heterocycles. The monoisotopic (exact) mass is 429 g/mol. The molecule has 1 atom stereocenters. The van der Waals surface area contributed by atoms with Gasteiger partial charge in [-0.1, -0.05) is 11.6 Å². The minimum absolute atomic E-state index is 0. The average Bonchev–Trinajstić information content (AvgIpc) is 2.68. The van der Waals surface area contributed by atoms with Crippen molar-refractivity contribution in [2.24, 2.45) is 0 Å². The van der Waals surface area contributed by atoms with Gasteiger partial charge < -0.3 is 20.3 Å². The van der Waals surface area contributed by atoms with E-state index in [4.69, 9.17) is 16.3 Å². The highest BCUT2D eigenvalue weighted by atomic mass is 35.5. The van der Waals surface area contributed by atoms with Gasteiger partial charge in [-0.2, -0.15) is 0 Å². The zero-order valence-electron chi connectivity index (χ0n) is 16.4. The summed E-state index contributed by atoms with van der Waals surface area (Å²) in [5.74, 6) is -0.219. The summed E-state index contributed by atoms with van der Waals surface area (Å²) in [5, 5.41) is 6.48. The number of nitrogens with one attached hydrogen (secondary N) is 2. The van der Waals surface area contributed by atoms with Gasteiger partial charge in [0.05, 0.1) is 10.6 Å². The quantitative estimate of drug-likeness (QED) is 0.768. The Morgan fingerprint density at radius 2 is 2.00 bits per heavy atom. The fourth-order valence-corrected chi connectivity index (χ4v) is 4.18. The average molecular weight is 430 g/mol. The van der Waals surface area contributed by atoms with Crippen LogP contribution in [-0.2, 0) is 9.53 Å². The molecular formula is C20H29Cl2N3O3. The molecule has 1 aromatic carbocycles. The lowest BCUT2D eigenvalue weighted by molar-refractivity contribution is -0.140. The van der Waals surface area contributed by atoms with Crippen LogP contribution in [0.25, 0.3) is 0 Å². The van der Waals surface area contributed by atoms with Gasteiger partial charge in [-0.15, -0.1) is 12.4 Å². The van der Waals surface area contributed by atoms with Crippen LogP contribution in [0.4, 0.5) is 5.69 Å². The summed E-state index contributed by atoms with van der Waals surface area (Å²) >= 11 is 6.39. The van der Waals surface area contributed by atoms with Gasteiger partial charge in [0.2, 0.25) is 0 Å². The molecule has 0 aromatic heterocycles. The third-order valence-corrected chi connectivity index (χ3v) is 6.05. The van der Waals surface area contributed by atoms with Crippen molar-refractivity contribution in [2.45, 2.75) is 50.7 Å². The molecule has 2 amide bonds. The summed E-state index contributed by atoms with van der Waals surface area (Å²) < 4.78 is 5.55. The van der Waals surface area contributed by atoms with E-state index in [2.05, 4.69) is 17.6 Å². The molecule has 2 aliphatic heterocycles. The van der Waals surface area contributed by atoms with E-state index in [0.29, 0.717) is 29.1 Å². The van der Waals surface area contributed by atoms with Crippen LogP contribution in [0.1, 0.15) is 49.4 Å². The van der Waals surface area contributed by atoms with Gasteiger partial charge in [0.15, 0.2) is 0 Å². The number of hydrogen-bond acceptors (Lipinski definition) is 4. The highest BCUT2D eigenvalue weighted by Crippen LogP contribution is 2.28. The number of nitrogens with zero attached hydrogens (tertiary/aromatic N) is 1. The molecule has 6 nitrogen and oxygen atoms in total. The number of halogens is 2. The SMILES string of the molecule is COC1(C(=O)Nc2ccc(C(=O)N3CCCCC3C)c(Cl)c2)CCNCC1.Cl. The number of ether oxygens (including phenoxy) is 1. The lowest BCUT2D eigenvalue weighted by atomic mass is 9.91. The summed E-state index contributed by atoms with van der Waals surface area (Å²) in [6, 6.07) is 5.30. The first-order valence-corrected chi connectivity index (χ1v) is 10.0. The number of rotatable bonds is 4. The molecule has 1 aromatic rings. The summed E-state index contributed by atoms with van der Waals surface area (Å²) in [5.41, 5.74) is 0.227. The molecular weight excluding hydrogens is 401 g/mol. The lowest BCUT2D eigenvalue weighted by Crippen LogP contribution is -2.51. The second-order valence-electron chi connectivity index (χ2n) is 7.44. The van der Waals surface area contributed by atoms with Crippen LogP contribution in [0, 0.1) is 0 Å². The third kappa shape index (κ3) is 4.79. The maximum absolute atomic E-state index is 12.8. The van der Waals surface area contributed by atoms with Crippen molar-refractivity contribution in [2.75, 3.05) is 32.1 Å². The minimum Gasteiger partial charge on any atom is -0.368 e. The molecule has 0 aliphatic carbocycles. The Kier molecular flexibility index (Phi) is 8.13. The van der Waals surface area contributed by atoms with Gasteiger partial charge >= 0.3 is 0 Å². The number of carbonyl (C=O) groups excluding carboxylic acids is 2. The van der Waals surface area contributed by atoms with Crippen LogP contribution in [0.2, 0.25) is 5.02 Å². The van der Waals surface area contributed by atoms with E-state index >= 15 is 0 Å². The minimum atomic E-state index is -0.824. The predicted molar refractivity (Wildman–Crippen MR) is 114 cm³/mol. The second kappa shape index (κ2) is 9.92. The molecule has 2 fully saturated rings. The number of hydrogen-bond donors (Lipinski definition) is 2. The Labute approximate surface area is 177 Å². The van der Waals surface area contributed by atoms with Crippen LogP contribution in [0.15, 0.2) is 18.2 Å². The van der Waals surface area contributed by atoms with Crippen molar-refractivity contribution in [1.29, 1.82) is 0 Å². The van der Waals surface area contributed by atoms with Crippen molar-refractivity contribution >= 4 is 41.5 Å². The molecule has 3 rings (SSSR count). The molecule has 8 heteroatoms. The van der Waals surface area contributed by atoms with Gasteiger partial charge in [-0.3, -0.25) is 9.59 Å². The van der Waals surface area contributed by atoms with Crippen molar-refractivity contribution in [3.63, 3.8) is 0 Å². The fraction of sp³-hybridized carbons (Fsp3) is 0.600. The Hall–Kier alpha value is -1.34. The molecule has 0 spiro atoms. The van der Waals surface area contributed by atoms with Crippen molar-refractivity contribution in [1.82, 2.24) is 10.2 Å². The smallest absolute Gasteiger partial charge is 0.256 e. The number of benzene rings is 1. The van der Waals surface area contributed by atoms with E-state index in [1.165, 1.54) is 0 Å².